The lowest BCUT2D eigenvalue weighted by Gasteiger charge is -2.24. The number of carbonyl (C=O) groups is 1. The molecule has 1 heterocycles. The molecule has 1 N–H and O–H groups in total. The van der Waals surface area contributed by atoms with E-state index >= 15 is 0 Å². The zero-order valence-electron chi connectivity index (χ0n) is 9.35. The first kappa shape index (κ1) is 10.3. The molecule has 2 aromatic rings. The number of aliphatic carboxylic acids is 1. The van der Waals surface area contributed by atoms with E-state index < -0.39 is 11.4 Å². The maximum atomic E-state index is 11.6. The second-order valence-corrected chi connectivity index (χ2v) is 4.68. The lowest BCUT2D eigenvalue weighted by atomic mass is 9.79. The highest BCUT2D eigenvalue weighted by Gasteiger charge is 2.42. The third-order valence-corrected chi connectivity index (χ3v) is 3.78. The van der Waals surface area contributed by atoms with Crippen LogP contribution < -0.4 is 0 Å². The Balaban J connectivity index is 2.14. The first-order chi connectivity index (χ1) is 8.22. The van der Waals surface area contributed by atoms with E-state index in [1.165, 1.54) is 0 Å². The molecule has 0 bridgehead atoms. The van der Waals surface area contributed by atoms with E-state index in [1.807, 2.05) is 18.2 Å². The molecule has 0 atom stereocenters. The Bertz CT molecular complexity index is 567. The fourth-order valence-corrected chi connectivity index (χ4v) is 2.76. The molecule has 0 radical (unpaired) electrons. The molecular formula is C13H13NO3. The van der Waals surface area contributed by atoms with Gasteiger partial charge in [0.25, 0.3) is 0 Å². The Morgan fingerprint density at radius 1 is 1.35 bits per heavy atom. The predicted molar refractivity (Wildman–Crippen MR) is 61.8 cm³/mol. The monoisotopic (exact) mass is 231 g/mol. The topological polar surface area (TPSA) is 63.3 Å². The maximum absolute atomic E-state index is 11.6. The third kappa shape index (κ3) is 1.44. The minimum absolute atomic E-state index is 0.714. The molecule has 0 amide bonds. The number of hydrogen-bond donors (Lipinski definition) is 1. The summed E-state index contributed by atoms with van der Waals surface area (Å²) in [6, 6.07) is 5.61. The van der Waals surface area contributed by atoms with Gasteiger partial charge in [-0.3, -0.25) is 4.79 Å². The van der Waals surface area contributed by atoms with E-state index in [2.05, 4.69) is 5.16 Å². The quantitative estimate of drug-likeness (QED) is 0.863. The van der Waals surface area contributed by atoms with Crippen molar-refractivity contribution in [1.82, 2.24) is 5.16 Å². The molecule has 0 spiro atoms. The SMILES string of the molecule is O=C(O)C1(c2ccc3conc3c2)CCCC1. The second-order valence-electron chi connectivity index (χ2n) is 4.68. The summed E-state index contributed by atoms with van der Waals surface area (Å²) in [5, 5.41) is 14.3. The number of aromatic nitrogens is 1. The fourth-order valence-electron chi connectivity index (χ4n) is 2.76. The standard InChI is InChI=1S/C13H13NO3/c15-12(16)13(5-1-2-6-13)10-4-3-9-8-17-14-11(9)7-10/h3-4,7-8H,1-2,5-6H2,(H,15,16). The van der Waals surface area contributed by atoms with Crippen LogP contribution in [0.5, 0.6) is 0 Å². The van der Waals surface area contributed by atoms with Crippen LogP contribution in [0, 0.1) is 0 Å². The lowest BCUT2D eigenvalue weighted by Crippen LogP contribution is -2.32. The van der Waals surface area contributed by atoms with Crippen molar-refractivity contribution in [3.63, 3.8) is 0 Å². The largest absolute Gasteiger partial charge is 0.481 e. The van der Waals surface area contributed by atoms with Crippen LogP contribution in [0.1, 0.15) is 31.2 Å². The fraction of sp³-hybridized carbons (Fsp3) is 0.385. The Kier molecular flexibility index (Phi) is 2.18. The van der Waals surface area contributed by atoms with Crippen LogP contribution in [0.2, 0.25) is 0 Å². The Hall–Kier alpha value is -1.84. The van der Waals surface area contributed by atoms with E-state index in [0.29, 0.717) is 12.8 Å². The van der Waals surface area contributed by atoms with Gasteiger partial charge in [-0.1, -0.05) is 24.1 Å². The van der Waals surface area contributed by atoms with Crippen molar-refractivity contribution in [3.8, 4) is 0 Å². The minimum Gasteiger partial charge on any atom is -0.481 e. The third-order valence-electron chi connectivity index (χ3n) is 3.78. The maximum Gasteiger partial charge on any atom is 0.314 e. The van der Waals surface area contributed by atoms with Gasteiger partial charge >= 0.3 is 5.97 Å². The van der Waals surface area contributed by atoms with Crippen LogP contribution in [0.3, 0.4) is 0 Å². The van der Waals surface area contributed by atoms with Gasteiger partial charge in [0.15, 0.2) is 0 Å². The minimum atomic E-state index is -0.724. The number of benzene rings is 1. The number of nitrogens with zero attached hydrogens (tertiary/aromatic N) is 1. The van der Waals surface area contributed by atoms with Crippen molar-refractivity contribution in [3.05, 3.63) is 30.0 Å². The normalized spacial score (nSPS) is 18.6. The highest BCUT2D eigenvalue weighted by atomic mass is 16.5. The summed E-state index contributed by atoms with van der Waals surface area (Å²) in [6.07, 6.45) is 4.95. The van der Waals surface area contributed by atoms with E-state index in [-0.39, 0.29) is 0 Å². The average Bonchev–Trinajstić information content (AvgIpc) is 2.97. The summed E-state index contributed by atoms with van der Waals surface area (Å²) in [6.45, 7) is 0. The highest BCUT2D eigenvalue weighted by Crippen LogP contribution is 2.42. The molecular weight excluding hydrogens is 218 g/mol. The number of fused-ring (bicyclic) bond motifs is 1. The molecule has 1 aliphatic carbocycles. The second kappa shape index (κ2) is 3.58. The molecule has 1 aromatic heterocycles. The first-order valence-corrected chi connectivity index (χ1v) is 5.80. The molecule has 4 nitrogen and oxygen atoms in total. The number of rotatable bonds is 2. The molecule has 88 valence electrons. The molecule has 4 heteroatoms. The van der Waals surface area contributed by atoms with Gasteiger partial charge in [-0.25, -0.2) is 0 Å². The van der Waals surface area contributed by atoms with Gasteiger partial charge in [0.1, 0.15) is 11.8 Å². The Morgan fingerprint density at radius 2 is 2.12 bits per heavy atom. The zero-order chi connectivity index (χ0) is 11.9. The van der Waals surface area contributed by atoms with Crippen molar-refractivity contribution in [1.29, 1.82) is 0 Å². The van der Waals surface area contributed by atoms with Crippen LogP contribution in [0.15, 0.2) is 29.0 Å². The van der Waals surface area contributed by atoms with E-state index in [4.69, 9.17) is 4.52 Å². The van der Waals surface area contributed by atoms with Crippen LogP contribution in [0.25, 0.3) is 10.9 Å². The molecule has 0 unspecified atom stereocenters. The van der Waals surface area contributed by atoms with Crippen molar-refractivity contribution in [2.24, 2.45) is 0 Å². The van der Waals surface area contributed by atoms with Crippen LogP contribution in [-0.4, -0.2) is 16.2 Å². The summed E-state index contributed by atoms with van der Waals surface area (Å²) >= 11 is 0. The Labute approximate surface area is 98.2 Å². The van der Waals surface area contributed by atoms with Crippen molar-refractivity contribution in [2.45, 2.75) is 31.1 Å². The number of hydrogen-bond acceptors (Lipinski definition) is 3. The van der Waals surface area contributed by atoms with Crippen molar-refractivity contribution in [2.75, 3.05) is 0 Å². The number of carboxylic acids is 1. The van der Waals surface area contributed by atoms with Gasteiger partial charge in [0, 0.05) is 5.39 Å². The van der Waals surface area contributed by atoms with Gasteiger partial charge < -0.3 is 9.63 Å². The van der Waals surface area contributed by atoms with Crippen molar-refractivity contribution >= 4 is 16.9 Å². The molecule has 1 aromatic carbocycles. The van der Waals surface area contributed by atoms with E-state index in [9.17, 15) is 9.90 Å². The van der Waals surface area contributed by atoms with Gasteiger partial charge in [-0.05, 0) is 30.5 Å². The molecule has 1 aliphatic rings. The summed E-state index contributed by atoms with van der Waals surface area (Å²) < 4.78 is 4.88. The highest BCUT2D eigenvalue weighted by molar-refractivity contribution is 5.85. The summed E-state index contributed by atoms with van der Waals surface area (Å²) in [5.41, 5.74) is 0.867. The number of carboxylic acid groups (broad SMARTS) is 1. The van der Waals surface area contributed by atoms with Crippen LogP contribution in [0.4, 0.5) is 0 Å². The predicted octanol–water partition coefficient (Wildman–Crippen LogP) is 2.72. The van der Waals surface area contributed by atoms with Crippen LogP contribution in [-0.2, 0) is 10.2 Å². The zero-order valence-corrected chi connectivity index (χ0v) is 9.35. The van der Waals surface area contributed by atoms with Gasteiger partial charge in [0.05, 0.1) is 5.41 Å². The van der Waals surface area contributed by atoms with Crippen LogP contribution >= 0.6 is 0 Å². The van der Waals surface area contributed by atoms with Crippen molar-refractivity contribution < 1.29 is 14.4 Å². The summed E-state index contributed by atoms with van der Waals surface area (Å²) in [5.74, 6) is -0.724. The van der Waals surface area contributed by atoms with E-state index in [1.54, 1.807) is 6.26 Å². The van der Waals surface area contributed by atoms with Gasteiger partial charge in [0.2, 0.25) is 0 Å². The molecule has 1 saturated carbocycles. The molecule has 17 heavy (non-hydrogen) atoms. The average molecular weight is 231 g/mol. The summed E-state index contributed by atoms with van der Waals surface area (Å²) in [4.78, 5) is 11.6. The molecule has 3 rings (SSSR count). The lowest BCUT2D eigenvalue weighted by molar-refractivity contribution is -0.143. The van der Waals surface area contributed by atoms with Gasteiger partial charge in [-0.15, -0.1) is 0 Å². The van der Waals surface area contributed by atoms with E-state index in [0.717, 1.165) is 29.3 Å². The Morgan fingerprint density at radius 3 is 2.82 bits per heavy atom. The summed E-state index contributed by atoms with van der Waals surface area (Å²) in [7, 11) is 0. The smallest absolute Gasteiger partial charge is 0.314 e. The molecule has 0 aliphatic heterocycles. The van der Waals surface area contributed by atoms with Gasteiger partial charge in [-0.2, -0.15) is 0 Å². The molecule has 0 saturated heterocycles. The first-order valence-electron chi connectivity index (χ1n) is 5.80. The molecule has 1 fully saturated rings.